The van der Waals surface area contributed by atoms with Crippen molar-refractivity contribution in [2.75, 3.05) is 0 Å². The van der Waals surface area contributed by atoms with Gasteiger partial charge in [0.25, 0.3) is 0 Å². The summed E-state index contributed by atoms with van der Waals surface area (Å²) in [6.45, 7) is 4.00. The Hall–Kier alpha value is -0.820. The summed E-state index contributed by atoms with van der Waals surface area (Å²) in [5.41, 5.74) is 7.43. The molecule has 1 aromatic rings. The summed E-state index contributed by atoms with van der Waals surface area (Å²) in [4.78, 5) is 0. The van der Waals surface area contributed by atoms with Gasteiger partial charge in [-0.2, -0.15) is 0 Å². The molecule has 1 nitrogen and oxygen atoms in total. The molecule has 0 saturated heterocycles. The molecule has 1 saturated carbocycles. The number of benzene rings is 1. The van der Waals surface area contributed by atoms with Crippen LogP contribution in [0.25, 0.3) is 0 Å². The standard InChI is InChI=1S/C12H17N.C2H6/c13-12-8-4-7-11(9-12)10-5-2-1-3-6-10;1-2/h1-3,5-6,11-12H,4,7-9,13H2;1-2H3. The molecule has 15 heavy (non-hydrogen) atoms. The van der Waals surface area contributed by atoms with E-state index in [0.717, 1.165) is 0 Å². The number of hydrogen-bond donors (Lipinski definition) is 1. The lowest BCUT2D eigenvalue weighted by Crippen LogP contribution is -2.26. The predicted octanol–water partition coefficient (Wildman–Crippen LogP) is 3.70. The largest absolute Gasteiger partial charge is 0.328 e. The summed E-state index contributed by atoms with van der Waals surface area (Å²) in [6.07, 6.45) is 4.99. The van der Waals surface area contributed by atoms with Gasteiger partial charge < -0.3 is 5.73 Å². The molecule has 0 spiro atoms. The van der Waals surface area contributed by atoms with E-state index in [1.807, 2.05) is 13.8 Å². The number of nitrogens with two attached hydrogens (primary N) is 1. The molecule has 1 aliphatic carbocycles. The molecule has 0 aromatic heterocycles. The Morgan fingerprint density at radius 1 is 1.07 bits per heavy atom. The highest BCUT2D eigenvalue weighted by molar-refractivity contribution is 5.20. The highest BCUT2D eigenvalue weighted by Crippen LogP contribution is 2.31. The van der Waals surface area contributed by atoms with Crippen molar-refractivity contribution in [2.45, 2.75) is 51.5 Å². The Morgan fingerprint density at radius 2 is 1.73 bits per heavy atom. The zero-order valence-corrected chi connectivity index (χ0v) is 9.95. The Bertz CT molecular complexity index is 255. The highest BCUT2D eigenvalue weighted by Gasteiger charge is 2.19. The van der Waals surface area contributed by atoms with Crippen LogP contribution in [0.5, 0.6) is 0 Å². The molecular formula is C14H23N. The SMILES string of the molecule is CC.NC1CCCC(c2ccccc2)C1. The third kappa shape index (κ3) is 3.67. The molecule has 1 aliphatic rings. The van der Waals surface area contributed by atoms with Crippen LogP contribution in [-0.4, -0.2) is 6.04 Å². The van der Waals surface area contributed by atoms with E-state index >= 15 is 0 Å². The first-order valence-corrected chi connectivity index (χ1v) is 6.17. The fourth-order valence-corrected chi connectivity index (χ4v) is 2.26. The molecule has 2 rings (SSSR count). The Morgan fingerprint density at radius 3 is 2.33 bits per heavy atom. The van der Waals surface area contributed by atoms with Crippen LogP contribution in [0.15, 0.2) is 30.3 Å². The van der Waals surface area contributed by atoms with Crippen molar-refractivity contribution < 1.29 is 0 Å². The van der Waals surface area contributed by atoms with Gasteiger partial charge in [0.1, 0.15) is 0 Å². The van der Waals surface area contributed by atoms with E-state index in [1.54, 1.807) is 0 Å². The molecular weight excluding hydrogens is 182 g/mol. The summed E-state index contributed by atoms with van der Waals surface area (Å²) < 4.78 is 0. The second kappa shape index (κ2) is 6.62. The van der Waals surface area contributed by atoms with Crippen molar-refractivity contribution in [3.05, 3.63) is 35.9 Å². The smallest absolute Gasteiger partial charge is 0.00446 e. The van der Waals surface area contributed by atoms with Crippen LogP contribution in [0.4, 0.5) is 0 Å². The van der Waals surface area contributed by atoms with E-state index in [4.69, 9.17) is 5.73 Å². The summed E-state index contributed by atoms with van der Waals surface area (Å²) in [7, 11) is 0. The van der Waals surface area contributed by atoms with E-state index in [0.29, 0.717) is 12.0 Å². The van der Waals surface area contributed by atoms with Crippen LogP contribution in [0.2, 0.25) is 0 Å². The third-order valence-electron chi connectivity index (χ3n) is 2.99. The van der Waals surface area contributed by atoms with Crippen LogP contribution in [0.3, 0.4) is 0 Å². The second-order valence-electron chi connectivity index (χ2n) is 4.03. The minimum absolute atomic E-state index is 0.430. The van der Waals surface area contributed by atoms with Crippen LogP contribution >= 0.6 is 0 Å². The minimum atomic E-state index is 0.430. The van der Waals surface area contributed by atoms with Crippen molar-refractivity contribution in [1.82, 2.24) is 0 Å². The summed E-state index contributed by atoms with van der Waals surface area (Å²) >= 11 is 0. The van der Waals surface area contributed by atoms with Crippen molar-refractivity contribution in [3.63, 3.8) is 0 Å². The molecule has 0 heterocycles. The molecule has 2 unspecified atom stereocenters. The van der Waals surface area contributed by atoms with E-state index < -0.39 is 0 Å². The van der Waals surface area contributed by atoms with Crippen LogP contribution in [-0.2, 0) is 0 Å². The lowest BCUT2D eigenvalue weighted by atomic mass is 9.82. The van der Waals surface area contributed by atoms with E-state index in [2.05, 4.69) is 30.3 Å². The van der Waals surface area contributed by atoms with Crippen LogP contribution in [0, 0.1) is 0 Å². The zero-order chi connectivity index (χ0) is 11.1. The lowest BCUT2D eigenvalue weighted by molar-refractivity contribution is 0.393. The molecule has 2 atom stereocenters. The van der Waals surface area contributed by atoms with E-state index in [9.17, 15) is 0 Å². The first kappa shape index (κ1) is 12.3. The number of rotatable bonds is 1. The predicted molar refractivity (Wildman–Crippen MR) is 67.0 cm³/mol. The topological polar surface area (TPSA) is 26.0 Å². The molecule has 0 amide bonds. The molecule has 1 fully saturated rings. The van der Waals surface area contributed by atoms with Gasteiger partial charge in [0.15, 0.2) is 0 Å². The van der Waals surface area contributed by atoms with Gasteiger partial charge in [0, 0.05) is 6.04 Å². The van der Waals surface area contributed by atoms with Gasteiger partial charge in [-0.3, -0.25) is 0 Å². The summed E-state index contributed by atoms with van der Waals surface area (Å²) in [5, 5.41) is 0. The first-order chi connectivity index (χ1) is 7.36. The minimum Gasteiger partial charge on any atom is -0.328 e. The molecule has 0 radical (unpaired) electrons. The molecule has 0 aliphatic heterocycles. The third-order valence-corrected chi connectivity index (χ3v) is 2.99. The maximum absolute atomic E-state index is 5.96. The molecule has 1 aromatic carbocycles. The Balaban J connectivity index is 0.000000531. The lowest BCUT2D eigenvalue weighted by Gasteiger charge is -2.26. The van der Waals surface area contributed by atoms with Gasteiger partial charge >= 0.3 is 0 Å². The van der Waals surface area contributed by atoms with Gasteiger partial charge in [-0.25, -0.2) is 0 Å². The van der Waals surface area contributed by atoms with E-state index in [1.165, 1.54) is 31.2 Å². The van der Waals surface area contributed by atoms with Gasteiger partial charge in [-0.1, -0.05) is 50.6 Å². The van der Waals surface area contributed by atoms with Crippen LogP contribution < -0.4 is 5.73 Å². The fourth-order valence-electron chi connectivity index (χ4n) is 2.26. The molecule has 84 valence electrons. The maximum atomic E-state index is 5.96. The zero-order valence-electron chi connectivity index (χ0n) is 9.95. The average Bonchev–Trinajstić information content (AvgIpc) is 2.33. The molecule has 1 heteroatoms. The van der Waals surface area contributed by atoms with Crippen molar-refractivity contribution in [1.29, 1.82) is 0 Å². The molecule has 0 bridgehead atoms. The van der Waals surface area contributed by atoms with Gasteiger partial charge in [0.05, 0.1) is 0 Å². The molecule has 2 N–H and O–H groups in total. The van der Waals surface area contributed by atoms with Crippen LogP contribution in [0.1, 0.15) is 51.0 Å². The van der Waals surface area contributed by atoms with Gasteiger partial charge in [0.2, 0.25) is 0 Å². The first-order valence-electron chi connectivity index (χ1n) is 6.17. The van der Waals surface area contributed by atoms with Gasteiger partial charge in [-0.05, 0) is 30.7 Å². The van der Waals surface area contributed by atoms with Crippen molar-refractivity contribution in [2.24, 2.45) is 5.73 Å². The Kier molecular flexibility index (Phi) is 5.41. The summed E-state index contributed by atoms with van der Waals surface area (Å²) in [5.74, 6) is 0.713. The van der Waals surface area contributed by atoms with Crippen molar-refractivity contribution >= 4 is 0 Å². The van der Waals surface area contributed by atoms with Crippen molar-refractivity contribution in [3.8, 4) is 0 Å². The highest BCUT2D eigenvalue weighted by atomic mass is 14.6. The second-order valence-corrected chi connectivity index (χ2v) is 4.03. The van der Waals surface area contributed by atoms with Gasteiger partial charge in [-0.15, -0.1) is 0 Å². The summed E-state index contributed by atoms with van der Waals surface area (Å²) in [6, 6.07) is 11.2. The average molecular weight is 205 g/mol. The normalized spacial score (nSPS) is 25.3. The fraction of sp³-hybridized carbons (Fsp3) is 0.571. The van der Waals surface area contributed by atoms with E-state index in [-0.39, 0.29) is 0 Å². The Labute approximate surface area is 93.7 Å². The maximum Gasteiger partial charge on any atom is 0.00446 e. The number of hydrogen-bond acceptors (Lipinski definition) is 1. The quantitative estimate of drug-likeness (QED) is 0.743. The monoisotopic (exact) mass is 205 g/mol.